The molecule has 0 aromatic rings. The van der Waals surface area contributed by atoms with Crippen molar-refractivity contribution in [3.05, 3.63) is 47.5 Å². The summed E-state index contributed by atoms with van der Waals surface area (Å²) in [5, 5.41) is 0. The van der Waals surface area contributed by atoms with E-state index in [1.54, 1.807) is 0 Å². The number of hydrogen-bond acceptors (Lipinski definition) is 1. The summed E-state index contributed by atoms with van der Waals surface area (Å²) in [5.74, 6) is 0. The molecule has 0 amide bonds. The number of aryl methyl sites for hydroxylation is 1. The molecule has 0 radical (unpaired) electrons. The quantitative estimate of drug-likeness (QED) is 0.601. The van der Waals surface area contributed by atoms with Crippen molar-refractivity contribution in [1.29, 1.82) is 0 Å². The smallest absolute Gasteiger partial charge is 0.150 e. The van der Waals surface area contributed by atoms with Crippen molar-refractivity contribution < 1.29 is 4.79 Å². The van der Waals surface area contributed by atoms with Crippen LogP contribution < -0.4 is 0 Å². The van der Waals surface area contributed by atoms with Gasteiger partial charge in [-0.1, -0.05) is 30.3 Å². The van der Waals surface area contributed by atoms with E-state index in [-0.39, 0.29) is 0 Å². The molecule has 0 aliphatic heterocycles. The summed E-state index contributed by atoms with van der Waals surface area (Å²) in [6.07, 6.45) is 0.912. The zero-order chi connectivity index (χ0) is 9.26. The van der Waals surface area contributed by atoms with Crippen molar-refractivity contribution in [2.24, 2.45) is 0 Å². The summed E-state index contributed by atoms with van der Waals surface area (Å²) in [4.78, 5) is 10.7. The molecule has 2 rings (SSSR count). The van der Waals surface area contributed by atoms with E-state index in [9.17, 15) is 4.79 Å². The van der Waals surface area contributed by atoms with Gasteiger partial charge in [-0.25, -0.2) is 0 Å². The third kappa shape index (κ3) is 1.22. The van der Waals surface area contributed by atoms with Gasteiger partial charge in [0.15, 0.2) is 6.29 Å². The molecule has 0 heterocycles. The van der Waals surface area contributed by atoms with Crippen LogP contribution in [0.25, 0.3) is 11.1 Å². The van der Waals surface area contributed by atoms with Crippen molar-refractivity contribution in [1.82, 2.24) is 0 Å². The van der Waals surface area contributed by atoms with Crippen LogP contribution in [-0.4, -0.2) is 6.29 Å². The first-order valence-corrected chi connectivity index (χ1v) is 4.26. The highest BCUT2D eigenvalue weighted by Gasteiger charge is 2.09. The Balaban J connectivity index is 2.78. The zero-order valence-electron chi connectivity index (χ0n) is 7.45. The Morgan fingerprint density at radius 3 is 2.46 bits per heavy atom. The molecule has 0 saturated carbocycles. The predicted octanol–water partition coefficient (Wildman–Crippen LogP) is 2.91. The molecule has 0 atom stereocenters. The van der Waals surface area contributed by atoms with Gasteiger partial charge in [0.05, 0.1) is 0 Å². The van der Waals surface area contributed by atoms with Crippen LogP contribution in [0.3, 0.4) is 0 Å². The average Bonchev–Trinajstić information content (AvgIpc) is 2.38. The van der Waals surface area contributed by atoms with E-state index in [0.29, 0.717) is 0 Å². The third-order valence-electron chi connectivity index (χ3n) is 2.27. The number of rotatable bonds is 1. The maximum Gasteiger partial charge on any atom is 0.150 e. The van der Waals surface area contributed by atoms with Gasteiger partial charge in [0.1, 0.15) is 0 Å². The van der Waals surface area contributed by atoms with Crippen LogP contribution in [0.4, 0.5) is 0 Å². The van der Waals surface area contributed by atoms with Crippen LogP contribution in [0.15, 0.2) is 36.4 Å². The molecule has 64 valence electrons. The Morgan fingerprint density at radius 1 is 1.08 bits per heavy atom. The van der Waals surface area contributed by atoms with Gasteiger partial charge in [0.25, 0.3) is 0 Å². The van der Waals surface area contributed by atoms with Gasteiger partial charge in [0.2, 0.25) is 0 Å². The van der Waals surface area contributed by atoms with Gasteiger partial charge in [-0.05, 0) is 29.7 Å². The normalized spacial score (nSPS) is 10.2. The second-order valence-corrected chi connectivity index (χ2v) is 3.14. The van der Waals surface area contributed by atoms with E-state index >= 15 is 0 Å². The summed E-state index contributed by atoms with van der Waals surface area (Å²) in [5.41, 5.74) is 4.14. The lowest BCUT2D eigenvalue weighted by Crippen LogP contribution is -1.75. The fraction of sp³-hybridized carbons (Fsp3) is 0.0833. The van der Waals surface area contributed by atoms with Crippen molar-refractivity contribution in [3.63, 3.8) is 0 Å². The second-order valence-electron chi connectivity index (χ2n) is 3.14. The fourth-order valence-corrected chi connectivity index (χ4v) is 1.63. The predicted molar refractivity (Wildman–Crippen MR) is 53.2 cm³/mol. The molecular weight excluding hydrogens is 160 g/mol. The van der Waals surface area contributed by atoms with Gasteiger partial charge >= 0.3 is 0 Å². The zero-order valence-corrected chi connectivity index (χ0v) is 7.45. The molecule has 13 heavy (non-hydrogen) atoms. The molecule has 0 unspecified atom stereocenters. The molecule has 0 aromatic carbocycles. The summed E-state index contributed by atoms with van der Waals surface area (Å²) in [6, 6.07) is 11.9. The van der Waals surface area contributed by atoms with E-state index < -0.39 is 0 Å². The molecule has 0 aromatic heterocycles. The molecule has 0 fully saturated rings. The number of aldehydes is 1. The first kappa shape index (κ1) is 7.99. The lowest BCUT2D eigenvalue weighted by atomic mass is 10.1. The average molecular weight is 170 g/mol. The molecule has 2 aliphatic carbocycles. The Bertz CT molecular complexity index is 418. The monoisotopic (exact) mass is 170 g/mol. The van der Waals surface area contributed by atoms with Gasteiger partial charge in [-0.3, -0.25) is 4.79 Å². The Kier molecular flexibility index (Phi) is 1.85. The van der Waals surface area contributed by atoms with Gasteiger partial charge in [-0.15, -0.1) is 0 Å². The molecule has 1 nitrogen and oxygen atoms in total. The van der Waals surface area contributed by atoms with Gasteiger partial charge in [-0.2, -0.15) is 0 Å². The van der Waals surface area contributed by atoms with E-state index in [1.165, 1.54) is 0 Å². The van der Waals surface area contributed by atoms with Gasteiger partial charge < -0.3 is 0 Å². The second kappa shape index (κ2) is 3.02. The highest BCUT2D eigenvalue weighted by Crippen LogP contribution is 2.29. The van der Waals surface area contributed by atoms with Crippen LogP contribution in [0.2, 0.25) is 0 Å². The summed E-state index contributed by atoms with van der Waals surface area (Å²) >= 11 is 0. The lowest BCUT2D eigenvalue weighted by Gasteiger charge is -1.93. The molecule has 0 bridgehead atoms. The highest BCUT2D eigenvalue weighted by atomic mass is 16.1. The Labute approximate surface area is 77.4 Å². The number of carbonyl (C=O) groups is 1. The Morgan fingerprint density at radius 2 is 1.77 bits per heavy atom. The van der Waals surface area contributed by atoms with Crippen LogP contribution in [0, 0.1) is 6.92 Å². The fourth-order valence-electron chi connectivity index (χ4n) is 1.63. The number of fused-ring (bicyclic) bond motifs is 1. The number of carbonyl (C=O) groups excluding carboxylic acids is 1. The van der Waals surface area contributed by atoms with Crippen LogP contribution in [-0.2, 0) is 0 Å². The molecule has 1 heteroatoms. The standard InChI is InChI=1S/C12H10O/c1-9-7-10(8-13)12-6-4-2-3-5-11(9)12/h2-8H,1H3. The van der Waals surface area contributed by atoms with Crippen molar-refractivity contribution in [3.8, 4) is 11.1 Å². The molecule has 0 N–H and O–H groups in total. The number of hydrogen-bond donors (Lipinski definition) is 0. The topological polar surface area (TPSA) is 17.1 Å². The van der Waals surface area contributed by atoms with Crippen LogP contribution >= 0.6 is 0 Å². The summed E-state index contributed by atoms with van der Waals surface area (Å²) in [7, 11) is 0. The maximum atomic E-state index is 10.7. The van der Waals surface area contributed by atoms with E-state index in [2.05, 4.69) is 0 Å². The maximum absolute atomic E-state index is 10.7. The lowest BCUT2D eigenvalue weighted by molar-refractivity contribution is 0.112. The van der Waals surface area contributed by atoms with Gasteiger partial charge in [0, 0.05) is 5.56 Å². The van der Waals surface area contributed by atoms with E-state index in [4.69, 9.17) is 0 Å². The molecular formula is C12H10O. The van der Waals surface area contributed by atoms with Crippen LogP contribution in [0.1, 0.15) is 15.9 Å². The summed E-state index contributed by atoms with van der Waals surface area (Å²) < 4.78 is 0. The summed E-state index contributed by atoms with van der Waals surface area (Å²) in [6.45, 7) is 2.02. The van der Waals surface area contributed by atoms with Crippen molar-refractivity contribution >= 4 is 6.29 Å². The minimum atomic E-state index is 0.781. The highest BCUT2D eigenvalue weighted by molar-refractivity contribution is 5.91. The first-order chi connectivity index (χ1) is 6.33. The largest absolute Gasteiger partial charge is 0.298 e. The molecule has 2 aliphatic rings. The minimum Gasteiger partial charge on any atom is -0.298 e. The molecule has 0 saturated heterocycles. The Hall–Kier alpha value is -1.63. The minimum absolute atomic E-state index is 0.781. The van der Waals surface area contributed by atoms with Crippen molar-refractivity contribution in [2.45, 2.75) is 6.92 Å². The third-order valence-corrected chi connectivity index (χ3v) is 2.27. The van der Waals surface area contributed by atoms with Crippen LogP contribution in [0.5, 0.6) is 0 Å². The van der Waals surface area contributed by atoms with E-state index in [1.807, 2.05) is 43.3 Å². The first-order valence-electron chi connectivity index (χ1n) is 4.26. The SMILES string of the molecule is Cc1cc(C=O)c2cccccc1-2. The van der Waals surface area contributed by atoms with Crippen molar-refractivity contribution in [2.75, 3.05) is 0 Å². The molecule has 0 spiro atoms. The van der Waals surface area contributed by atoms with E-state index in [0.717, 1.165) is 28.5 Å².